The first-order chi connectivity index (χ1) is 11.3. The first-order valence-electron chi connectivity index (χ1n) is 7.23. The number of carbonyl (C=O) groups excluding carboxylic acids is 1. The Morgan fingerprint density at radius 1 is 0.739 bits per heavy atom. The van der Waals surface area contributed by atoms with Gasteiger partial charge >= 0.3 is 0 Å². The molecule has 4 nitrogen and oxygen atoms in total. The summed E-state index contributed by atoms with van der Waals surface area (Å²) in [7, 11) is 0. The summed E-state index contributed by atoms with van der Waals surface area (Å²) in [5.41, 5.74) is 5.70. The Kier molecular flexibility index (Phi) is 4.55. The molecule has 0 saturated heterocycles. The molecule has 0 aliphatic rings. The van der Waals surface area contributed by atoms with E-state index in [1.165, 1.54) is 0 Å². The number of aromatic nitrogens is 1. The summed E-state index contributed by atoms with van der Waals surface area (Å²) in [5, 5.41) is 4.33. The number of rotatable bonds is 4. The number of hydrazone groups is 1. The molecule has 0 aliphatic heterocycles. The predicted molar refractivity (Wildman–Crippen MR) is 90.2 cm³/mol. The number of hydrogen-bond donors (Lipinski definition) is 1. The van der Waals surface area contributed by atoms with Crippen LogP contribution in [0.25, 0.3) is 0 Å². The topological polar surface area (TPSA) is 54.4 Å². The van der Waals surface area contributed by atoms with Gasteiger partial charge in [0.25, 0.3) is 5.91 Å². The fourth-order valence-corrected chi connectivity index (χ4v) is 2.16. The molecule has 23 heavy (non-hydrogen) atoms. The maximum Gasteiger partial charge on any atom is 0.271 e. The molecule has 1 N–H and O–H groups in total. The van der Waals surface area contributed by atoms with E-state index in [2.05, 4.69) is 15.5 Å². The lowest BCUT2D eigenvalue weighted by Gasteiger charge is -2.07. The molecule has 2 aromatic carbocycles. The van der Waals surface area contributed by atoms with Crippen molar-refractivity contribution in [2.75, 3.05) is 0 Å². The van der Waals surface area contributed by atoms with E-state index in [4.69, 9.17) is 0 Å². The first-order valence-corrected chi connectivity index (χ1v) is 7.23. The second-order valence-corrected chi connectivity index (χ2v) is 4.87. The van der Waals surface area contributed by atoms with Gasteiger partial charge in [0.2, 0.25) is 0 Å². The second kappa shape index (κ2) is 7.13. The third-order valence-corrected chi connectivity index (χ3v) is 3.31. The maximum atomic E-state index is 12.2. The molecule has 3 rings (SSSR count). The van der Waals surface area contributed by atoms with Crippen LogP contribution in [0, 0.1) is 0 Å². The molecular weight excluding hydrogens is 286 g/mol. The summed E-state index contributed by atoms with van der Waals surface area (Å²) in [5.74, 6) is -0.243. The highest BCUT2D eigenvalue weighted by molar-refractivity contribution is 6.13. The van der Waals surface area contributed by atoms with Crippen LogP contribution in [-0.4, -0.2) is 16.6 Å². The maximum absolute atomic E-state index is 12.2. The average Bonchev–Trinajstić information content (AvgIpc) is 2.64. The van der Waals surface area contributed by atoms with Crippen LogP contribution in [0.4, 0.5) is 0 Å². The largest absolute Gasteiger partial charge is 0.271 e. The first kappa shape index (κ1) is 14.7. The van der Waals surface area contributed by atoms with Gasteiger partial charge in [-0.15, -0.1) is 0 Å². The van der Waals surface area contributed by atoms with Gasteiger partial charge in [-0.25, -0.2) is 5.43 Å². The number of benzene rings is 2. The Balaban J connectivity index is 1.91. The number of nitrogens with one attached hydrogen (secondary N) is 1. The normalized spacial score (nSPS) is 11.0. The van der Waals surface area contributed by atoms with Crippen LogP contribution in [0.1, 0.15) is 21.5 Å². The molecule has 0 aliphatic carbocycles. The van der Waals surface area contributed by atoms with Crippen LogP contribution in [0.15, 0.2) is 90.3 Å². The molecule has 4 heteroatoms. The lowest BCUT2D eigenvalue weighted by Crippen LogP contribution is -2.20. The Bertz CT molecular complexity index is 758. The molecule has 0 saturated carbocycles. The fourth-order valence-electron chi connectivity index (χ4n) is 2.16. The number of hydrogen-bond acceptors (Lipinski definition) is 3. The Morgan fingerprint density at radius 2 is 1.26 bits per heavy atom. The third kappa shape index (κ3) is 3.68. The molecule has 1 heterocycles. The highest BCUT2D eigenvalue weighted by atomic mass is 16.2. The molecule has 0 radical (unpaired) electrons. The molecule has 1 aromatic heterocycles. The van der Waals surface area contributed by atoms with E-state index in [0.717, 1.165) is 11.1 Å². The van der Waals surface area contributed by atoms with Gasteiger partial charge in [-0.2, -0.15) is 5.10 Å². The summed E-state index contributed by atoms with van der Waals surface area (Å²) in [6.45, 7) is 0. The van der Waals surface area contributed by atoms with Crippen molar-refractivity contribution in [3.63, 3.8) is 0 Å². The Labute approximate surface area is 134 Å². The van der Waals surface area contributed by atoms with Gasteiger partial charge in [0.05, 0.1) is 5.71 Å². The fraction of sp³-hybridized carbons (Fsp3) is 0. The van der Waals surface area contributed by atoms with Crippen LogP contribution in [0.5, 0.6) is 0 Å². The molecule has 0 atom stereocenters. The third-order valence-electron chi connectivity index (χ3n) is 3.31. The average molecular weight is 301 g/mol. The van der Waals surface area contributed by atoms with Crippen LogP contribution < -0.4 is 5.43 Å². The lowest BCUT2D eigenvalue weighted by molar-refractivity contribution is 0.0955. The zero-order valence-corrected chi connectivity index (χ0v) is 12.4. The van der Waals surface area contributed by atoms with Crippen molar-refractivity contribution in [1.29, 1.82) is 0 Å². The SMILES string of the molecule is O=C(N/N=C(\c1ccccc1)c1ccncc1)c1ccccc1. The van der Waals surface area contributed by atoms with E-state index in [0.29, 0.717) is 11.3 Å². The Morgan fingerprint density at radius 3 is 1.87 bits per heavy atom. The van der Waals surface area contributed by atoms with Crippen LogP contribution >= 0.6 is 0 Å². The van der Waals surface area contributed by atoms with Gasteiger partial charge in [0.15, 0.2) is 0 Å². The summed E-state index contributed by atoms with van der Waals surface area (Å²) in [6, 6.07) is 22.4. The van der Waals surface area contributed by atoms with Gasteiger partial charge in [0, 0.05) is 29.1 Å². The predicted octanol–water partition coefficient (Wildman–Crippen LogP) is 3.26. The highest BCUT2D eigenvalue weighted by Gasteiger charge is 2.08. The molecule has 0 fully saturated rings. The standard InChI is InChI=1S/C19H15N3O/c23-19(17-9-5-2-6-10-17)22-21-18(15-7-3-1-4-8-15)16-11-13-20-14-12-16/h1-14H,(H,22,23)/b21-18+. The number of nitrogens with zero attached hydrogens (tertiary/aromatic N) is 2. The van der Waals surface area contributed by atoms with Crippen molar-refractivity contribution >= 4 is 11.6 Å². The summed E-state index contributed by atoms with van der Waals surface area (Å²) >= 11 is 0. The van der Waals surface area contributed by atoms with Gasteiger partial charge in [-0.05, 0) is 24.3 Å². The molecule has 3 aromatic rings. The van der Waals surface area contributed by atoms with Crippen LogP contribution in [0.3, 0.4) is 0 Å². The van der Waals surface area contributed by atoms with E-state index < -0.39 is 0 Å². The quantitative estimate of drug-likeness (QED) is 0.594. The summed E-state index contributed by atoms with van der Waals surface area (Å²) in [4.78, 5) is 16.2. The number of carbonyl (C=O) groups is 1. The minimum atomic E-state index is -0.243. The van der Waals surface area contributed by atoms with Gasteiger partial charge in [-0.3, -0.25) is 9.78 Å². The number of pyridine rings is 1. The van der Waals surface area contributed by atoms with Gasteiger partial charge < -0.3 is 0 Å². The van der Waals surface area contributed by atoms with Crippen molar-refractivity contribution in [2.24, 2.45) is 5.10 Å². The van der Waals surface area contributed by atoms with Crippen molar-refractivity contribution in [1.82, 2.24) is 10.4 Å². The molecule has 0 bridgehead atoms. The smallest absolute Gasteiger partial charge is 0.267 e. The zero-order valence-electron chi connectivity index (χ0n) is 12.4. The minimum absolute atomic E-state index is 0.243. The molecule has 112 valence electrons. The van der Waals surface area contributed by atoms with E-state index in [1.807, 2.05) is 60.7 Å². The van der Waals surface area contributed by atoms with Crippen molar-refractivity contribution < 1.29 is 4.79 Å². The monoisotopic (exact) mass is 301 g/mol. The van der Waals surface area contributed by atoms with E-state index in [-0.39, 0.29) is 5.91 Å². The second-order valence-electron chi connectivity index (χ2n) is 4.87. The lowest BCUT2D eigenvalue weighted by atomic mass is 10.0. The van der Waals surface area contributed by atoms with Crippen LogP contribution in [-0.2, 0) is 0 Å². The van der Waals surface area contributed by atoms with E-state index in [9.17, 15) is 4.79 Å². The van der Waals surface area contributed by atoms with Crippen molar-refractivity contribution in [3.05, 3.63) is 102 Å². The van der Waals surface area contributed by atoms with Crippen LogP contribution in [0.2, 0.25) is 0 Å². The van der Waals surface area contributed by atoms with Gasteiger partial charge in [0.1, 0.15) is 0 Å². The van der Waals surface area contributed by atoms with Crippen molar-refractivity contribution in [3.8, 4) is 0 Å². The summed E-state index contributed by atoms with van der Waals surface area (Å²) in [6.07, 6.45) is 3.40. The van der Waals surface area contributed by atoms with Gasteiger partial charge in [-0.1, -0.05) is 48.5 Å². The number of amides is 1. The minimum Gasteiger partial charge on any atom is -0.267 e. The zero-order chi connectivity index (χ0) is 15.9. The van der Waals surface area contributed by atoms with Crippen molar-refractivity contribution in [2.45, 2.75) is 0 Å². The highest BCUT2D eigenvalue weighted by Crippen LogP contribution is 2.10. The summed E-state index contributed by atoms with van der Waals surface area (Å²) < 4.78 is 0. The molecule has 0 spiro atoms. The molecule has 0 unspecified atom stereocenters. The molecular formula is C19H15N3O. The van der Waals surface area contributed by atoms with E-state index >= 15 is 0 Å². The Hall–Kier alpha value is -3.27. The molecule has 1 amide bonds. The van der Waals surface area contributed by atoms with E-state index in [1.54, 1.807) is 24.5 Å².